The molecule has 0 saturated heterocycles. The van der Waals surface area contributed by atoms with Gasteiger partial charge >= 0.3 is 0 Å². The van der Waals surface area contributed by atoms with Crippen molar-refractivity contribution in [1.82, 2.24) is 15.3 Å². The lowest BCUT2D eigenvalue weighted by atomic mass is 10.0. The van der Waals surface area contributed by atoms with E-state index in [0.29, 0.717) is 0 Å². The number of nitrogens with one attached hydrogen (secondary N) is 1. The van der Waals surface area contributed by atoms with Crippen LogP contribution < -0.4 is 5.32 Å². The zero-order valence-electron chi connectivity index (χ0n) is 12.3. The largest absolute Gasteiger partial charge is 0.311 e. The van der Waals surface area contributed by atoms with E-state index in [1.807, 2.05) is 0 Å². The Kier molecular flexibility index (Phi) is 4.66. The Bertz CT molecular complexity index is 623. The number of nitrogens with zero attached hydrogens (tertiary/aromatic N) is 2. The van der Waals surface area contributed by atoms with Gasteiger partial charge in [0, 0.05) is 23.1 Å². The molecular formula is C17H20BrN3. The van der Waals surface area contributed by atoms with Crippen LogP contribution in [0.5, 0.6) is 0 Å². The van der Waals surface area contributed by atoms with Crippen LogP contribution in [0.15, 0.2) is 28.7 Å². The predicted molar refractivity (Wildman–Crippen MR) is 88.4 cm³/mol. The second-order valence-electron chi connectivity index (χ2n) is 5.49. The fourth-order valence-corrected chi connectivity index (χ4v) is 3.06. The van der Waals surface area contributed by atoms with Crippen molar-refractivity contribution in [3.05, 3.63) is 57.1 Å². The SMILES string of the molecule is CCCc1nc(Cc2ccc(Br)cc2)nc2c1CCNC2. The van der Waals surface area contributed by atoms with Crippen LogP contribution in [-0.2, 0) is 25.8 Å². The van der Waals surface area contributed by atoms with E-state index < -0.39 is 0 Å². The molecule has 0 radical (unpaired) electrons. The minimum Gasteiger partial charge on any atom is -0.311 e. The van der Waals surface area contributed by atoms with Gasteiger partial charge in [-0.15, -0.1) is 0 Å². The van der Waals surface area contributed by atoms with Crippen LogP contribution in [0.3, 0.4) is 0 Å². The number of rotatable bonds is 4. The predicted octanol–water partition coefficient (Wildman–Crippen LogP) is 3.43. The van der Waals surface area contributed by atoms with Gasteiger partial charge in [-0.2, -0.15) is 0 Å². The molecule has 0 saturated carbocycles. The van der Waals surface area contributed by atoms with Gasteiger partial charge in [-0.3, -0.25) is 0 Å². The van der Waals surface area contributed by atoms with Gasteiger partial charge in [-0.1, -0.05) is 41.4 Å². The molecule has 3 rings (SSSR count). The van der Waals surface area contributed by atoms with Gasteiger partial charge < -0.3 is 5.32 Å². The molecule has 0 unspecified atom stereocenters. The highest BCUT2D eigenvalue weighted by atomic mass is 79.9. The van der Waals surface area contributed by atoms with E-state index in [4.69, 9.17) is 9.97 Å². The number of aromatic nitrogens is 2. The summed E-state index contributed by atoms with van der Waals surface area (Å²) in [5.41, 5.74) is 5.10. The van der Waals surface area contributed by atoms with Crippen molar-refractivity contribution in [2.75, 3.05) is 6.54 Å². The molecule has 1 N–H and O–H groups in total. The van der Waals surface area contributed by atoms with Gasteiger partial charge in [0.05, 0.1) is 5.69 Å². The van der Waals surface area contributed by atoms with Gasteiger partial charge in [0.1, 0.15) is 5.82 Å². The van der Waals surface area contributed by atoms with E-state index in [1.165, 1.54) is 22.5 Å². The maximum Gasteiger partial charge on any atom is 0.133 e. The standard InChI is InChI=1S/C17H20BrN3/c1-2-3-15-14-8-9-19-11-16(14)21-17(20-15)10-12-4-6-13(18)7-5-12/h4-7,19H,2-3,8-11H2,1H3. The summed E-state index contributed by atoms with van der Waals surface area (Å²) in [7, 11) is 0. The molecule has 1 aliphatic rings. The van der Waals surface area contributed by atoms with Crippen molar-refractivity contribution in [2.24, 2.45) is 0 Å². The smallest absolute Gasteiger partial charge is 0.133 e. The quantitative estimate of drug-likeness (QED) is 0.922. The molecule has 0 aliphatic carbocycles. The molecule has 4 heteroatoms. The van der Waals surface area contributed by atoms with Crippen LogP contribution in [0.4, 0.5) is 0 Å². The Labute approximate surface area is 134 Å². The summed E-state index contributed by atoms with van der Waals surface area (Å²) in [6.07, 6.45) is 4.05. The Morgan fingerprint density at radius 2 is 2.00 bits per heavy atom. The first kappa shape index (κ1) is 14.7. The van der Waals surface area contributed by atoms with Gasteiger partial charge in [0.25, 0.3) is 0 Å². The Hall–Kier alpha value is -1.26. The Morgan fingerprint density at radius 1 is 1.19 bits per heavy atom. The number of hydrogen-bond acceptors (Lipinski definition) is 3. The minimum atomic E-state index is 0.803. The first-order valence-corrected chi connectivity index (χ1v) is 8.38. The van der Waals surface area contributed by atoms with Crippen molar-refractivity contribution in [1.29, 1.82) is 0 Å². The number of hydrogen-bond donors (Lipinski definition) is 1. The van der Waals surface area contributed by atoms with Crippen LogP contribution in [0.1, 0.15) is 41.7 Å². The van der Waals surface area contributed by atoms with Crippen molar-refractivity contribution in [2.45, 2.75) is 39.2 Å². The highest BCUT2D eigenvalue weighted by Crippen LogP contribution is 2.19. The minimum absolute atomic E-state index is 0.803. The molecule has 1 aromatic carbocycles. The molecule has 3 nitrogen and oxygen atoms in total. The maximum atomic E-state index is 4.84. The maximum absolute atomic E-state index is 4.84. The average molecular weight is 346 g/mol. The normalized spacial score (nSPS) is 14.0. The van der Waals surface area contributed by atoms with Crippen molar-refractivity contribution >= 4 is 15.9 Å². The highest BCUT2D eigenvalue weighted by molar-refractivity contribution is 9.10. The van der Waals surface area contributed by atoms with E-state index in [-0.39, 0.29) is 0 Å². The summed E-state index contributed by atoms with van der Waals surface area (Å²) in [6.45, 7) is 4.13. The van der Waals surface area contributed by atoms with E-state index in [1.54, 1.807) is 0 Å². The fraction of sp³-hybridized carbons (Fsp3) is 0.412. The molecule has 0 amide bonds. The monoisotopic (exact) mass is 345 g/mol. The molecule has 0 atom stereocenters. The fourth-order valence-electron chi connectivity index (χ4n) is 2.80. The lowest BCUT2D eigenvalue weighted by molar-refractivity contribution is 0.607. The highest BCUT2D eigenvalue weighted by Gasteiger charge is 2.17. The van der Waals surface area contributed by atoms with Crippen LogP contribution >= 0.6 is 15.9 Å². The van der Waals surface area contributed by atoms with Crippen LogP contribution in [0.25, 0.3) is 0 Å². The molecule has 1 aliphatic heterocycles. The zero-order chi connectivity index (χ0) is 14.7. The summed E-state index contributed by atoms with van der Waals surface area (Å²) in [5.74, 6) is 0.947. The van der Waals surface area contributed by atoms with Crippen LogP contribution in [-0.4, -0.2) is 16.5 Å². The summed E-state index contributed by atoms with van der Waals surface area (Å²) in [5, 5.41) is 3.41. The molecule has 0 bridgehead atoms. The molecule has 0 fully saturated rings. The third-order valence-electron chi connectivity index (χ3n) is 3.83. The van der Waals surface area contributed by atoms with E-state index in [2.05, 4.69) is 52.4 Å². The second kappa shape index (κ2) is 6.67. The summed E-state index contributed by atoms with van der Waals surface area (Å²) in [4.78, 5) is 9.63. The van der Waals surface area contributed by atoms with Gasteiger partial charge in [0.2, 0.25) is 0 Å². The van der Waals surface area contributed by atoms with Crippen LogP contribution in [0.2, 0.25) is 0 Å². The zero-order valence-corrected chi connectivity index (χ0v) is 13.9. The van der Waals surface area contributed by atoms with E-state index >= 15 is 0 Å². The summed E-state index contributed by atoms with van der Waals surface area (Å²) < 4.78 is 1.11. The first-order valence-electron chi connectivity index (χ1n) is 7.59. The average Bonchev–Trinajstić information content (AvgIpc) is 2.50. The first-order chi connectivity index (χ1) is 10.3. The van der Waals surface area contributed by atoms with E-state index in [9.17, 15) is 0 Å². The third-order valence-corrected chi connectivity index (χ3v) is 4.36. The van der Waals surface area contributed by atoms with E-state index in [0.717, 1.165) is 49.1 Å². The van der Waals surface area contributed by atoms with Gasteiger partial charge in [0.15, 0.2) is 0 Å². The number of fused-ring (bicyclic) bond motifs is 1. The molecule has 2 aromatic rings. The molecule has 110 valence electrons. The second-order valence-corrected chi connectivity index (χ2v) is 6.41. The molecule has 0 spiro atoms. The Morgan fingerprint density at radius 3 is 2.76 bits per heavy atom. The Balaban J connectivity index is 1.91. The topological polar surface area (TPSA) is 37.8 Å². The summed E-state index contributed by atoms with van der Waals surface area (Å²) >= 11 is 3.47. The van der Waals surface area contributed by atoms with Gasteiger partial charge in [-0.05, 0) is 42.6 Å². The van der Waals surface area contributed by atoms with Crippen molar-refractivity contribution in [3.63, 3.8) is 0 Å². The molecule has 1 aromatic heterocycles. The van der Waals surface area contributed by atoms with Crippen molar-refractivity contribution < 1.29 is 0 Å². The molecular weight excluding hydrogens is 326 g/mol. The summed E-state index contributed by atoms with van der Waals surface area (Å²) in [6, 6.07) is 8.40. The number of aryl methyl sites for hydroxylation is 1. The number of halogens is 1. The molecule has 21 heavy (non-hydrogen) atoms. The van der Waals surface area contributed by atoms with Crippen molar-refractivity contribution in [3.8, 4) is 0 Å². The lowest BCUT2D eigenvalue weighted by Gasteiger charge is -2.20. The molecule has 2 heterocycles. The lowest BCUT2D eigenvalue weighted by Crippen LogP contribution is -2.27. The number of benzene rings is 1. The third kappa shape index (κ3) is 3.50. The van der Waals surface area contributed by atoms with Crippen LogP contribution in [0, 0.1) is 0 Å². The van der Waals surface area contributed by atoms with Gasteiger partial charge in [-0.25, -0.2) is 9.97 Å².